The number of nitrogens with zero attached hydrogens (tertiary/aromatic N) is 1. The molecule has 6 nitrogen and oxygen atoms in total. The first-order valence-electron chi connectivity index (χ1n) is 6.68. The number of hydrogen-bond donors (Lipinski definition) is 1. The van der Waals surface area contributed by atoms with Crippen molar-refractivity contribution in [1.82, 2.24) is 0 Å². The summed E-state index contributed by atoms with van der Waals surface area (Å²) in [5.41, 5.74) is 0.348. The van der Waals surface area contributed by atoms with Gasteiger partial charge in [-0.3, -0.25) is 19.7 Å². The van der Waals surface area contributed by atoms with E-state index in [2.05, 4.69) is 0 Å². The number of aliphatic carboxylic acids is 1. The van der Waals surface area contributed by atoms with E-state index in [1.165, 1.54) is 25.1 Å². The fraction of sp³-hybridized carbons (Fsp3) is 0.125. The summed E-state index contributed by atoms with van der Waals surface area (Å²) < 4.78 is 0. The molecular formula is C16H13NO5S. The van der Waals surface area contributed by atoms with E-state index >= 15 is 0 Å². The maximum absolute atomic E-state index is 12.3. The van der Waals surface area contributed by atoms with Gasteiger partial charge in [-0.05, 0) is 19.1 Å². The summed E-state index contributed by atoms with van der Waals surface area (Å²) >= 11 is 0.870. The molecule has 2 aromatic rings. The SMILES string of the molecule is C[C@H](Sc1ccc(C(=O)c2ccccc2)cc1[N+](=O)[O-])C(=O)O. The zero-order valence-electron chi connectivity index (χ0n) is 12.1. The van der Waals surface area contributed by atoms with Gasteiger partial charge in [-0.2, -0.15) is 0 Å². The third kappa shape index (κ3) is 3.95. The van der Waals surface area contributed by atoms with Gasteiger partial charge in [-0.1, -0.05) is 30.3 Å². The Morgan fingerprint density at radius 3 is 2.35 bits per heavy atom. The number of hydrogen-bond acceptors (Lipinski definition) is 5. The number of ketones is 1. The number of carboxylic acids is 1. The fourth-order valence-corrected chi connectivity index (χ4v) is 2.78. The van der Waals surface area contributed by atoms with Crippen molar-refractivity contribution in [3.8, 4) is 0 Å². The summed E-state index contributed by atoms with van der Waals surface area (Å²) in [6.45, 7) is 1.44. The van der Waals surface area contributed by atoms with Crippen LogP contribution in [0.2, 0.25) is 0 Å². The molecule has 1 atom stereocenters. The number of carbonyl (C=O) groups is 2. The standard InChI is InChI=1S/C16H13NO5S/c1-10(16(19)20)23-14-8-7-12(9-13(14)17(21)22)15(18)11-5-3-2-4-6-11/h2-10H,1H3,(H,19,20)/t10-/m0/s1. The molecular weight excluding hydrogens is 318 g/mol. The van der Waals surface area contributed by atoms with Crippen LogP contribution in [0.15, 0.2) is 53.4 Å². The first kappa shape index (κ1) is 16.7. The molecule has 0 bridgehead atoms. The molecule has 2 aromatic carbocycles. The second-order valence-corrected chi connectivity index (χ2v) is 6.12. The van der Waals surface area contributed by atoms with Crippen molar-refractivity contribution in [3.05, 3.63) is 69.8 Å². The Kier molecular flexibility index (Phi) is 5.13. The van der Waals surface area contributed by atoms with Crippen LogP contribution in [0.1, 0.15) is 22.8 Å². The first-order chi connectivity index (χ1) is 10.9. The van der Waals surface area contributed by atoms with E-state index < -0.39 is 16.1 Å². The summed E-state index contributed by atoms with van der Waals surface area (Å²) in [5.74, 6) is -1.38. The van der Waals surface area contributed by atoms with Crippen LogP contribution in [0.5, 0.6) is 0 Å². The molecule has 2 rings (SSSR count). The fourth-order valence-electron chi connectivity index (χ4n) is 1.90. The van der Waals surface area contributed by atoms with Gasteiger partial charge in [0.05, 0.1) is 9.82 Å². The number of nitro groups is 1. The highest BCUT2D eigenvalue weighted by Crippen LogP contribution is 2.33. The molecule has 0 aliphatic rings. The van der Waals surface area contributed by atoms with Crippen LogP contribution in [-0.4, -0.2) is 27.0 Å². The average molecular weight is 331 g/mol. The van der Waals surface area contributed by atoms with Gasteiger partial charge in [-0.25, -0.2) is 0 Å². The Bertz CT molecular complexity index is 760. The topological polar surface area (TPSA) is 97.5 Å². The predicted molar refractivity (Wildman–Crippen MR) is 85.9 cm³/mol. The van der Waals surface area contributed by atoms with Gasteiger partial charge in [0.25, 0.3) is 5.69 Å². The number of rotatable bonds is 6. The van der Waals surface area contributed by atoms with Gasteiger partial charge >= 0.3 is 5.97 Å². The highest BCUT2D eigenvalue weighted by molar-refractivity contribution is 8.00. The van der Waals surface area contributed by atoms with E-state index in [1.54, 1.807) is 30.3 Å². The second-order valence-electron chi connectivity index (χ2n) is 4.73. The van der Waals surface area contributed by atoms with E-state index in [-0.39, 0.29) is 21.9 Å². The number of carbonyl (C=O) groups excluding carboxylic acids is 1. The highest BCUT2D eigenvalue weighted by atomic mass is 32.2. The molecule has 7 heteroatoms. The molecule has 0 spiro atoms. The highest BCUT2D eigenvalue weighted by Gasteiger charge is 2.22. The third-order valence-corrected chi connectivity index (χ3v) is 4.26. The summed E-state index contributed by atoms with van der Waals surface area (Å²) in [6, 6.07) is 12.5. The lowest BCUT2D eigenvalue weighted by molar-refractivity contribution is -0.387. The Morgan fingerprint density at radius 1 is 1.13 bits per heavy atom. The minimum absolute atomic E-state index is 0.190. The van der Waals surface area contributed by atoms with E-state index in [1.807, 2.05) is 0 Å². The Morgan fingerprint density at radius 2 is 1.78 bits per heavy atom. The smallest absolute Gasteiger partial charge is 0.316 e. The van der Waals surface area contributed by atoms with Crippen LogP contribution in [0.4, 0.5) is 5.69 Å². The number of carboxylic acid groups (broad SMARTS) is 1. The minimum atomic E-state index is -1.06. The van der Waals surface area contributed by atoms with E-state index in [9.17, 15) is 19.7 Å². The molecule has 0 aromatic heterocycles. The molecule has 0 saturated heterocycles. The minimum Gasteiger partial charge on any atom is -0.480 e. The molecule has 0 heterocycles. The van der Waals surface area contributed by atoms with Crippen LogP contribution in [0.3, 0.4) is 0 Å². The maximum atomic E-state index is 12.3. The van der Waals surface area contributed by atoms with Gasteiger partial charge in [0.1, 0.15) is 5.25 Å². The molecule has 23 heavy (non-hydrogen) atoms. The lowest BCUT2D eigenvalue weighted by Gasteiger charge is -2.08. The van der Waals surface area contributed by atoms with Gasteiger partial charge in [0.15, 0.2) is 5.78 Å². The third-order valence-electron chi connectivity index (χ3n) is 3.11. The molecule has 0 amide bonds. The van der Waals surface area contributed by atoms with Crippen LogP contribution in [0, 0.1) is 10.1 Å². The molecule has 0 aliphatic heterocycles. The number of thioether (sulfide) groups is 1. The van der Waals surface area contributed by atoms with Crippen LogP contribution < -0.4 is 0 Å². The van der Waals surface area contributed by atoms with E-state index in [0.717, 1.165) is 11.8 Å². The average Bonchev–Trinajstić information content (AvgIpc) is 2.55. The van der Waals surface area contributed by atoms with E-state index in [4.69, 9.17) is 5.11 Å². The summed E-state index contributed by atoms with van der Waals surface area (Å²) in [5, 5.41) is 19.3. The van der Waals surface area contributed by atoms with Crippen molar-refractivity contribution in [2.45, 2.75) is 17.1 Å². The lowest BCUT2D eigenvalue weighted by Crippen LogP contribution is -2.11. The molecule has 1 N–H and O–H groups in total. The Labute approximate surface area is 136 Å². The number of benzene rings is 2. The Balaban J connectivity index is 2.38. The molecule has 0 aliphatic carbocycles. The van der Waals surface area contributed by atoms with Crippen molar-refractivity contribution >= 4 is 29.2 Å². The Hall–Kier alpha value is -2.67. The molecule has 0 unspecified atom stereocenters. The molecule has 0 radical (unpaired) electrons. The van der Waals surface area contributed by atoms with Gasteiger partial charge in [0.2, 0.25) is 0 Å². The van der Waals surface area contributed by atoms with E-state index in [0.29, 0.717) is 5.56 Å². The molecule has 0 saturated carbocycles. The van der Waals surface area contributed by atoms with Crippen molar-refractivity contribution in [2.24, 2.45) is 0 Å². The summed E-state index contributed by atoms with van der Waals surface area (Å²) in [7, 11) is 0. The monoisotopic (exact) mass is 331 g/mol. The zero-order chi connectivity index (χ0) is 17.0. The second kappa shape index (κ2) is 7.06. The van der Waals surface area contributed by atoms with Gasteiger partial charge < -0.3 is 5.11 Å². The molecule has 118 valence electrons. The van der Waals surface area contributed by atoms with Crippen molar-refractivity contribution in [1.29, 1.82) is 0 Å². The zero-order valence-corrected chi connectivity index (χ0v) is 12.9. The summed E-state index contributed by atoms with van der Waals surface area (Å²) in [6.07, 6.45) is 0. The van der Waals surface area contributed by atoms with Crippen LogP contribution in [-0.2, 0) is 4.79 Å². The van der Waals surface area contributed by atoms with Crippen molar-refractivity contribution in [3.63, 3.8) is 0 Å². The van der Waals surface area contributed by atoms with Crippen molar-refractivity contribution in [2.75, 3.05) is 0 Å². The number of nitro benzene ring substituents is 1. The van der Waals surface area contributed by atoms with Gasteiger partial charge in [0, 0.05) is 17.2 Å². The predicted octanol–water partition coefficient (Wildman–Crippen LogP) is 3.39. The van der Waals surface area contributed by atoms with Crippen LogP contribution in [0.25, 0.3) is 0 Å². The maximum Gasteiger partial charge on any atom is 0.316 e. The normalized spacial score (nSPS) is 11.7. The summed E-state index contributed by atoms with van der Waals surface area (Å²) in [4.78, 5) is 34.1. The lowest BCUT2D eigenvalue weighted by atomic mass is 10.0. The van der Waals surface area contributed by atoms with Crippen molar-refractivity contribution < 1.29 is 19.6 Å². The first-order valence-corrected chi connectivity index (χ1v) is 7.55. The molecule has 0 fully saturated rings. The largest absolute Gasteiger partial charge is 0.480 e. The van der Waals surface area contributed by atoms with Crippen LogP contribution >= 0.6 is 11.8 Å². The quantitative estimate of drug-likeness (QED) is 0.377. The van der Waals surface area contributed by atoms with Gasteiger partial charge in [-0.15, -0.1) is 11.8 Å².